The topological polar surface area (TPSA) is 67.2 Å². The predicted octanol–water partition coefficient (Wildman–Crippen LogP) is 1.66. The maximum absolute atomic E-state index is 10.8. The molecule has 1 aliphatic heterocycles. The van der Waals surface area contributed by atoms with E-state index in [4.69, 9.17) is 5.73 Å². The van der Waals surface area contributed by atoms with Crippen molar-refractivity contribution in [1.82, 2.24) is 5.32 Å². The standard InChI is InChI=1S/C15H23N3O/c1-11(9-14-3-2-8-17-14)18-13-6-4-12(5-7-13)10-15(16)19/h4-7,11,14,17-18H,2-3,8-10H2,1H3,(H2,16,19). The van der Waals surface area contributed by atoms with Gasteiger partial charge in [-0.2, -0.15) is 0 Å². The average Bonchev–Trinajstić information content (AvgIpc) is 2.83. The zero-order chi connectivity index (χ0) is 13.7. The molecule has 0 radical (unpaired) electrons. The zero-order valence-electron chi connectivity index (χ0n) is 11.5. The Labute approximate surface area is 114 Å². The summed E-state index contributed by atoms with van der Waals surface area (Å²) >= 11 is 0. The van der Waals surface area contributed by atoms with Gasteiger partial charge in [-0.1, -0.05) is 12.1 Å². The Hall–Kier alpha value is -1.55. The van der Waals surface area contributed by atoms with Gasteiger partial charge in [-0.25, -0.2) is 0 Å². The molecule has 1 aromatic carbocycles. The molecule has 104 valence electrons. The number of nitrogens with two attached hydrogens (primary N) is 1. The van der Waals surface area contributed by atoms with Crippen molar-refractivity contribution in [1.29, 1.82) is 0 Å². The van der Waals surface area contributed by atoms with Crippen LogP contribution in [0.25, 0.3) is 0 Å². The molecule has 1 fully saturated rings. The van der Waals surface area contributed by atoms with E-state index < -0.39 is 0 Å². The number of hydrogen-bond acceptors (Lipinski definition) is 3. The summed E-state index contributed by atoms with van der Waals surface area (Å²) in [6.45, 7) is 3.36. The minimum Gasteiger partial charge on any atom is -0.383 e. The Morgan fingerprint density at radius 1 is 1.47 bits per heavy atom. The minimum absolute atomic E-state index is 0.290. The van der Waals surface area contributed by atoms with Crippen molar-refractivity contribution in [2.45, 2.75) is 44.7 Å². The van der Waals surface area contributed by atoms with Gasteiger partial charge in [0, 0.05) is 17.8 Å². The van der Waals surface area contributed by atoms with Gasteiger partial charge in [-0.15, -0.1) is 0 Å². The second-order valence-electron chi connectivity index (χ2n) is 5.41. The maximum Gasteiger partial charge on any atom is 0.221 e. The SMILES string of the molecule is CC(CC1CCCN1)Nc1ccc(CC(N)=O)cc1. The van der Waals surface area contributed by atoms with Gasteiger partial charge in [-0.05, 0) is 50.4 Å². The molecular formula is C15H23N3O. The molecule has 0 aromatic heterocycles. The minimum atomic E-state index is -0.290. The highest BCUT2D eigenvalue weighted by molar-refractivity contribution is 5.76. The molecule has 0 bridgehead atoms. The molecule has 2 rings (SSSR count). The average molecular weight is 261 g/mol. The summed E-state index contributed by atoms with van der Waals surface area (Å²) in [5.41, 5.74) is 7.23. The predicted molar refractivity (Wildman–Crippen MR) is 78.1 cm³/mol. The van der Waals surface area contributed by atoms with Crippen LogP contribution in [0.5, 0.6) is 0 Å². The van der Waals surface area contributed by atoms with E-state index in [-0.39, 0.29) is 5.91 Å². The van der Waals surface area contributed by atoms with Crippen LogP contribution in [0.1, 0.15) is 31.7 Å². The molecule has 4 N–H and O–H groups in total. The van der Waals surface area contributed by atoms with Crippen molar-refractivity contribution >= 4 is 11.6 Å². The smallest absolute Gasteiger partial charge is 0.221 e. The summed E-state index contributed by atoms with van der Waals surface area (Å²) in [5.74, 6) is -0.290. The third-order valence-corrected chi connectivity index (χ3v) is 3.55. The molecule has 2 unspecified atom stereocenters. The van der Waals surface area contributed by atoms with E-state index in [9.17, 15) is 4.79 Å². The van der Waals surface area contributed by atoms with Crippen LogP contribution in [0.4, 0.5) is 5.69 Å². The number of rotatable bonds is 6. The molecule has 0 spiro atoms. The molecule has 0 saturated carbocycles. The lowest BCUT2D eigenvalue weighted by atomic mass is 10.1. The summed E-state index contributed by atoms with van der Waals surface area (Å²) in [5, 5.41) is 7.01. The van der Waals surface area contributed by atoms with Crippen molar-refractivity contribution in [3.63, 3.8) is 0 Å². The first-order valence-corrected chi connectivity index (χ1v) is 7.00. The summed E-state index contributed by atoms with van der Waals surface area (Å²) in [4.78, 5) is 10.8. The van der Waals surface area contributed by atoms with Crippen LogP contribution in [0.15, 0.2) is 24.3 Å². The largest absolute Gasteiger partial charge is 0.383 e. The van der Waals surface area contributed by atoms with Crippen LogP contribution in [0.3, 0.4) is 0 Å². The number of carbonyl (C=O) groups excluding carboxylic acids is 1. The summed E-state index contributed by atoms with van der Waals surface area (Å²) in [6.07, 6.45) is 4.02. The van der Waals surface area contributed by atoms with Gasteiger partial charge in [0.15, 0.2) is 0 Å². The van der Waals surface area contributed by atoms with Gasteiger partial charge in [0.25, 0.3) is 0 Å². The fourth-order valence-corrected chi connectivity index (χ4v) is 2.65. The van der Waals surface area contributed by atoms with Crippen molar-refractivity contribution in [3.05, 3.63) is 29.8 Å². The van der Waals surface area contributed by atoms with E-state index in [0.29, 0.717) is 18.5 Å². The van der Waals surface area contributed by atoms with Crippen molar-refractivity contribution < 1.29 is 4.79 Å². The van der Waals surface area contributed by atoms with Crippen molar-refractivity contribution in [3.8, 4) is 0 Å². The molecule has 1 amide bonds. The quantitative estimate of drug-likeness (QED) is 0.729. The summed E-state index contributed by atoms with van der Waals surface area (Å²) in [7, 11) is 0. The van der Waals surface area contributed by atoms with E-state index in [2.05, 4.69) is 17.6 Å². The number of carbonyl (C=O) groups is 1. The number of hydrogen-bond donors (Lipinski definition) is 3. The van der Waals surface area contributed by atoms with Gasteiger partial charge in [0.1, 0.15) is 0 Å². The highest BCUT2D eigenvalue weighted by atomic mass is 16.1. The molecule has 1 aromatic rings. The second-order valence-corrected chi connectivity index (χ2v) is 5.41. The van der Waals surface area contributed by atoms with E-state index in [1.54, 1.807) is 0 Å². The Bertz CT molecular complexity index is 410. The molecule has 1 aliphatic rings. The Morgan fingerprint density at radius 3 is 2.79 bits per heavy atom. The molecular weight excluding hydrogens is 238 g/mol. The fraction of sp³-hybridized carbons (Fsp3) is 0.533. The molecule has 1 heterocycles. The Morgan fingerprint density at radius 2 is 2.21 bits per heavy atom. The first-order chi connectivity index (χ1) is 9.13. The van der Waals surface area contributed by atoms with Crippen LogP contribution in [0, 0.1) is 0 Å². The highest BCUT2D eigenvalue weighted by Gasteiger charge is 2.16. The first kappa shape index (κ1) is 13.9. The number of anilines is 1. The lowest BCUT2D eigenvalue weighted by Crippen LogP contribution is -2.29. The van der Waals surface area contributed by atoms with E-state index >= 15 is 0 Å². The van der Waals surface area contributed by atoms with E-state index in [1.807, 2.05) is 24.3 Å². The molecule has 19 heavy (non-hydrogen) atoms. The zero-order valence-corrected chi connectivity index (χ0v) is 11.5. The van der Waals surface area contributed by atoms with Crippen LogP contribution < -0.4 is 16.4 Å². The molecule has 0 aliphatic carbocycles. The van der Waals surface area contributed by atoms with E-state index in [0.717, 1.165) is 24.2 Å². The third kappa shape index (κ3) is 4.56. The van der Waals surface area contributed by atoms with Gasteiger partial charge in [-0.3, -0.25) is 4.79 Å². The van der Waals surface area contributed by atoms with Crippen LogP contribution in [0.2, 0.25) is 0 Å². The van der Waals surface area contributed by atoms with Crippen molar-refractivity contribution in [2.24, 2.45) is 5.73 Å². The number of benzene rings is 1. The molecule has 1 saturated heterocycles. The Kier molecular flexibility index (Phi) is 4.80. The van der Waals surface area contributed by atoms with Gasteiger partial charge in [0.05, 0.1) is 6.42 Å². The third-order valence-electron chi connectivity index (χ3n) is 3.55. The van der Waals surface area contributed by atoms with Crippen LogP contribution in [-0.2, 0) is 11.2 Å². The number of primary amides is 1. The highest BCUT2D eigenvalue weighted by Crippen LogP contribution is 2.16. The lowest BCUT2D eigenvalue weighted by molar-refractivity contribution is -0.117. The van der Waals surface area contributed by atoms with Crippen LogP contribution in [-0.4, -0.2) is 24.5 Å². The van der Waals surface area contributed by atoms with Crippen molar-refractivity contribution in [2.75, 3.05) is 11.9 Å². The number of nitrogens with one attached hydrogen (secondary N) is 2. The van der Waals surface area contributed by atoms with Crippen LogP contribution >= 0.6 is 0 Å². The van der Waals surface area contributed by atoms with Gasteiger partial charge >= 0.3 is 0 Å². The van der Waals surface area contributed by atoms with Gasteiger partial charge in [0.2, 0.25) is 5.91 Å². The summed E-state index contributed by atoms with van der Waals surface area (Å²) < 4.78 is 0. The Balaban J connectivity index is 1.82. The molecule has 2 atom stereocenters. The first-order valence-electron chi connectivity index (χ1n) is 7.00. The second kappa shape index (κ2) is 6.57. The normalized spacial score (nSPS) is 20.2. The summed E-state index contributed by atoms with van der Waals surface area (Å²) in [6, 6.07) is 9.02. The number of amides is 1. The maximum atomic E-state index is 10.8. The lowest BCUT2D eigenvalue weighted by Gasteiger charge is -2.19. The molecule has 4 nitrogen and oxygen atoms in total. The monoisotopic (exact) mass is 261 g/mol. The van der Waals surface area contributed by atoms with E-state index in [1.165, 1.54) is 12.8 Å². The fourth-order valence-electron chi connectivity index (χ4n) is 2.65. The molecule has 4 heteroatoms. The van der Waals surface area contributed by atoms with Gasteiger partial charge < -0.3 is 16.4 Å².